The van der Waals surface area contributed by atoms with Gasteiger partial charge < -0.3 is 20.7 Å². The number of Topliss-reactive ketones (excluding diaryl/α,β-unsaturated/α-hetero) is 1. The maximum Gasteiger partial charge on any atom is 0.326 e. The number of hydrogen-bond donors (Lipinski definition) is 2. The van der Waals surface area contributed by atoms with Crippen LogP contribution in [0.2, 0.25) is 5.02 Å². The first-order chi connectivity index (χ1) is 20.4. The molecule has 0 bridgehead atoms. The number of ether oxygens (including phenoxy) is 1. The molecule has 2 aromatic carbocycles. The van der Waals surface area contributed by atoms with Gasteiger partial charge in [0.1, 0.15) is 35.8 Å². The lowest BCUT2D eigenvalue weighted by Crippen LogP contribution is -2.55. The van der Waals surface area contributed by atoms with E-state index < -0.39 is 41.8 Å². The molecular weight excluding hydrogens is 592 g/mol. The Kier molecular flexibility index (Phi) is 8.52. The molecule has 2 aliphatic heterocycles. The molecule has 0 radical (unpaired) electrons. The molecule has 13 heteroatoms. The van der Waals surface area contributed by atoms with Gasteiger partial charge in [-0.2, -0.15) is 4.37 Å². The van der Waals surface area contributed by atoms with Crippen molar-refractivity contribution >= 4 is 52.6 Å². The predicted molar refractivity (Wildman–Crippen MR) is 162 cm³/mol. The van der Waals surface area contributed by atoms with E-state index in [0.717, 1.165) is 5.56 Å². The third-order valence-corrected chi connectivity index (χ3v) is 7.68. The molecule has 3 aromatic rings. The fourth-order valence-corrected chi connectivity index (χ4v) is 5.72. The number of urea groups is 1. The lowest BCUT2D eigenvalue weighted by atomic mass is 9.97. The molecule has 3 heterocycles. The van der Waals surface area contributed by atoms with Crippen LogP contribution in [0, 0.1) is 0 Å². The van der Waals surface area contributed by atoms with Crippen molar-refractivity contribution in [1.82, 2.24) is 19.5 Å². The molecule has 2 aliphatic rings. The number of nitrogens with two attached hydrogens (primary N) is 1. The van der Waals surface area contributed by atoms with E-state index in [9.17, 15) is 19.2 Å². The first kappa shape index (κ1) is 30.2. The summed E-state index contributed by atoms with van der Waals surface area (Å²) in [4.78, 5) is 59.0. The van der Waals surface area contributed by atoms with Crippen molar-refractivity contribution in [2.45, 2.75) is 44.9 Å². The van der Waals surface area contributed by atoms with Gasteiger partial charge in [0, 0.05) is 29.1 Å². The maximum absolute atomic E-state index is 14.4. The number of benzene rings is 2. The number of carbonyl (C=O) groups is 4. The van der Waals surface area contributed by atoms with Crippen LogP contribution in [0.15, 0.2) is 58.9 Å². The zero-order valence-corrected chi connectivity index (χ0v) is 25.4. The number of halogens is 1. The van der Waals surface area contributed by atoms with Gasteiger partial charge in [0.25, 0.3) is 0 Å². The largest absolute Gasteiger partial charge is 0.487 e. The van der Waals surface area contributed by atoms with Gasteiger partial charge in [-0.15, -0.1) is 0 Å². The van der Waals surface area contributed by atoms with Crippen LogP contribution < -0.4 is 15.8 Å². The van der Waals surface area contributed by atoms with E-state index >= 15 is 0 Å². The number of ketones is 1. The second-order valence-corrected chi connectivity index (χ2v) is 12.3. The van der Waals surface area contributed by atoms with Crippen LogP contribution in [-0.4, -0.2) is 68.9 Å². The Morgan fingerprint density at radius 1 is 1.14 bits per heavy atom. The third kappa shape index (κ3) is 6.70. The standard InChI is InChI=1S/C30H31ClN6O5S/c1-30(2,3)42-23-14-18(22(38)15-24(32)39)6-9-20(23)28-34-26(17-4-7-19(31)8-5-17)27(21-10-13-43-35-21)37(28)29(41)36-12-11-33-25(40)16-36/h4-10,13-14,26-27H,11-12,15-16H2,1-3H3,(H2,32,39)(H,33,40). The summed E-state index contributed by atoms with van der Waals surface area (Å²) in [6.07, 6.45) is -0.457. The summed E-state index contributed by atoms with van der Waals surface area (Å²) in [6, 6.07) is 12.2. The Bertz CT molecular complexity index is 1590. The van der Waals surface area contributed by atoms with Crippen molar-refractivity contribution in [2.24, 2.45) is 10.7 Å². The summed E-state index contributed by atoms with van der Waals surface area (Å²) in [6.45, 7) is 6.10. The molecule has 1 fully saturated rings. The Labute approximate surface area is 257 Å². The number of amides is 4. The molecule has 0 spiro atoms. The number of aromatic nitrogens is 1. The SMILES string of the molecule is CC(C)(C)Oc1cc(C(=O)CC(N)=O)ccc1C1=NC(c2ccc(Cl)cc2)C(c2ccsn2)N1C(=O)N1CCNC(=O)C1. The minimum Gasteiger partial charge on any atom is -0.487 e. The van der Waals surface area contributed by atoms with Gasteiger partial charge in [-0.25, -0.2) is 4.79 Å². The van der Waals surface area contributed by atoms with Gasteiger partial charge in [-0.3, -0.25) is 24.3 Å². The summed E-state index contributed by atoms with van der Waals surface area (Å²) in [5.74, 6) is -0.873. The van der Waals surface area contributed by atoms with Gasteiger partial charge in [-0.05, 0) is 68.2 Å². The normalized spacial score (nSPS) is 18.7. The van der Waals surface area contributed by atoms with E-state index in [0.29, 0.717) is 41.0 Å². The van der Waals surface area contributed by atoms with E-state index in [-0.39, 0.29) is 18.0 Å². The van der Waals surface area contributed by atoms with Crippen LogP contribution in [0.3, 0.4) is 0 Å². The maximum atomic E-state index is 14.4. The second-order valence-electron chi connectivity index (χ2n) is 11.2. The summed E-state index contributed by atoms with van der Waals surface area (Å²) in [5, 5.41) is 5.14. The van der Waals surface area contributed by atoms with Crippen molar-refractivity contribution < 1.29 is 23.9 Å². The molecule has 3 N–H and O–H groups in total. The highest BCUT2D eigenvalue weighted by molar-refractivity contribution is 7.03. The van der Waals surface area contributed by atoms with Crippen LogP contribution in [0.1, 0.15) is 66.5 Å². The van der Waals surface area contributed by atoms with E-state index in [1.165, 1.54) is 16.4 Å². The zero-order chi connectivity index (χ0) is 30.9. The molecule has 1 aromatic heterocycles. The van der Waals surface area contributed by atoms with Gasteiger partial charge in [-0.1, -0.05) is 29.8 Å². The van der Waals surface area contributed by atoms with Crippen LogP contribution in [0.25, 0.3) is 0 Å². The van der Waals surface area contributed by atoms with Crippen molar-refractivity contribution in [3.8, 4) is 5.75 Å². The average molecular weight is 623 g/mol. The van der Waals surface area contributed by atoms with Gasteiger partial charge >= 0.3 is 6.03 Å². The molecule has 1 saturated heterocycles. The first-order valence-corrected chi connectivity index (χ1v) is 14.9. The van der Waals surface area contributed by atoms with Crippen molar-refractivity contribution in [3.63, 3.8) is 0 Å². The first-order valence-electron chi connectivity index (χ1n) is 13.6. The molecule has 43 heavy (non-hydrogen) atoms. The summed E-state index contributed by atoms with van der Waals surface area (Å²) >= 11 is 7.45. The van der Waals surface area contributed by atoms with Crippen molar-refractivity contribution in [2.75, 3.05) is 19.6 Å². The highest BCUT2D eigenvalue weighted by Gasteiger charge is 2.46. The molecule has 5 rings (SSSR count). The highest BCUT2D eigenvalue weighted by Crippen LogP contribution is 2.45. The average Bonchev–Trinajstić information content (AvgIpc) is 3.60. The number of carbonyl (C=O) groups excluding carboxylic acids is 4. The Hall–Kier alpha value is -4.29. The van der Waals surface area contributed by atoms with Crippen LogP contribution in [-0.2, 0) is 9.59 Å². The number of nitrogens with zero attached hydrogens (tertiary/aromatic N) is 4. The van der Waals surface area contributed by atoms with Crippen molar-refractivity contribution in [1.29, 1.82) is 0 Å². The Morgan fingerprint density at radius 2 is 1.88 bits per heavy atom. The van der Waals surface area contributed by atoms with Gasteiger partial charge in [0.05, 0.1) is 17.7 Å². The summed E-state index contributed by atoms with van der Waals surface area (Å²) in [5.41, 5.74) is 6.70. The second kappa shape index (κ2) is 12.1. The summed E-state index contributed by atoms with van der Waals surface area (Å²) < 4.78 is 10.9. The monoisotopic (exact) mass is 622 g/mol. The molecule has 0 aliphatic carbocycles. The molecule has 4 amide bonds. The molecule has 0 saturated carbocycles. The van der Waals surface area contributed by atoms with Gasteiger partial charge in [0.15, 0.2) is 5.78 Å². The van der Waals surface area contributed by atoms with Crippen LogP contribution in [0.5, 0.6) is 5.75 Å². The fraction of sp³-hybridized carbons (Fsp3) is 0.333. The predicted octanol–water partition coefficient (Wildman–Crippen LogP) is 4.13. The summed E-state index contributed by atoms with van der Waals surface area (Å²) in [7, 11) is 0. The third-order valence-electron chi connectivity index (χ3n) is 6.85. The van der Waals surface area contributed by atoms with Crippen LogP contribution >= 0.6 is 23.1 Å². The smallest absolute Gasteiger partial charge is 0.326 e. The number of rotatable bonds is 7. The highest BCUT2D eigenvalue weighted by atomic mass is 35.5. The zero-order valence-electron chi connectivity index (χ0n) is 23.9. The molecule has 2 atom stereocenters. The minimum atomic E-state index is -0.744. The van der Waals surface area contributed by atoms with Crippen molar-refractivity contribution in [3.05, 3.63) is 81.3 Å². The number of amidine groups is 1. The molecular formula is C30H31ClN6O5S. The number of primary amides is 1. The lowest BCUT2D eigenvalue weighted by molar-refractivity contribution is -0.123. The number of aliphatic imine (C=N–C) groups is 1. The van der Waals surface area contributed by atoms with E-state index in [1.54, 1.807) is 35.2 Å². The van der Waals surface area contributed by atoms with Crippen LogP contribution in [0.4, 0.5) is 4.79 Å². The van der Waals surface area contributed by atoms with E-state index in [1.807, 2.05) is 44.4 Å². The minimum absolute atomic E-state index is 0.107. The van der Waals surface area contributed by atoms with Gasteiger partial charge in [0.2, 0.25) is 11.8 Å². The Balaban J connectivity index is 1.69. The fourth-order valence-electron chi connectivity index (χ4n) is 5.04. The quantitative estimate of drug-likeness (QED) is 0.299. The number of piperazine rings is 1. The number of hydrogen-bond acceptors (Lipinski definition) is 8. The topological polar surface area (TPSA) is 147 Å². The molecule has 11 nitrogen and oxygen atoms in total. The molecule has 224 valence electrons. The Morgan fingerprint density at radius 3 is 2.51 bits per heavy atom. The van der Waals surface area contributed by atoms with E-state index in [2.05, 4.69) is 9.69 Å². The van der Waals surface area contributed by atoms with E-state index in [4.69, 9.17) is 27.1 Å². The molecule has 2 unspecified atom stereocenters. The lowest BCUT2D eigenvalue weighted by Gasteiger charge is -2.35. The number of nitrogens with one attached hydrogen (secondary N) is 1.